The summed E-state index contributed by atoms with van der Waals surface area (Å²) in [6.45, 7) is 0.768. The molecule has 1 aliphatic heterocycles. The molecule has 2 aromatic carbocycles. The highest BCUT2D eigenvalue weighted by Gasteiger charge is 2.47. The van der Waals surface area contributed by atoms with Crippen molar-refractivity contribution in [1.29, 1.82) is 0 Å². The van der Waals surface area contributed by atoms with Gasteiger partial charge in [0.25, 0.3) is 5.91 Å². The number of amides is 1. The number of aromatic hydroxyl groups is 1. The van der Waals surface area contributed by atoms with Gasteiger partial charge in [0, 0.05) is 24.4 Å². The van der Waals surface area contributed by atoms with Crippen LogP contribution < -0.4 is 4.74 Å². The van der Waals surface area contributed by atoms with Crippen molar-refractivity contribution in [2.75, 3.05) is 27.3 Å². The smallest absolute Gasteiger partial charge is 0.323 e. The van der Waals surface area contributed by atoms with Crippen molar-refractivity contribution < 1.29 is 24.2 Å². The van der Waals surface area contributed by atoms with E-state index in [1.807, 2.05) is 24.3 Å². The molecule has 0 bridgehead atoms. The average molecular weight is 401 g/mol. The lowest BCUT2D eigenvalue weighted by Gasteiger charge is -2.26. The van der Waals surface area contributed by atoms with Crippen molar-refractivity contribution in [2.45, 2.75) is 16.9 Å². The summed E-state index contributed by atoms with van der Waals surface area (Å²) >= 11 is 1.50. The number of hydrogen-bond acceptors (Lipinski definition) is 6. The fraction of sp³-hybridized carbons (Fsp3) is 0.333. The minimum absolute atomic E-state index is 0.108. The second-order valence-electron chi connectivity index (χ2n) is 6.65. The van der Waals surface area contributed by atoms with E-state index in [4.69, 9.17) is 9.47 Å². The first-order chi connectivity index (χ1) is 13.5. The Bertz CT molecular complexity index is 837. The highest BCUT2D eigenvalue weighted by molar-refractivity contribution is 8.00. The largest absolute Gasteiger partial charge is 0.508 e. The van der Waals surface area contributed by atoms with E-state index in [0.717, 1.165) is 11.3 Å². The van der Waals surface area contributed by atoms with Gasteiger partial charge >= 0.3 is 5.97 Å². The number of ether oxygens (including phenoxy) is 2. The van der Waals surface area contributed by atoms with E-state index in [0.29, 0.717) is 30.8 Å². The molecule has 0 radical (unpaired) electrons. The van der Waals surface area contributed by atoms with Crippen LogP contribution in [0.5, 0.6) is 11.5 Å². The number of nitrogens with zero attached hydrogens (tertiary/aromatic N) is 1. The summed E-state index contributed by atoms with van der Waals surface area (Å²) in [7, 11) is 3.00. The maximum Gasteiger partial charge on any atom is 0.323 e. The van der Waals surface area contributed by atoms with Crippen LogP contribution in [-0.4, -0.2) is 53.9 Å². The van der Waals surface area contributed by atoms with Gasteiger partial charge in [-0.3, -0.25) is 9.59 Å². The third-order valence-corrected chi connectivity index (χ3v) is 6.40. The molecule has 0 aromatic heterocycles. The number of rotatable bonds is 6. The number of esters is 1. The van der Waals surface area contributed by atoms with Crippen LogP contribution in [0.3, 0.4) is 0 Å². The molecule has 1 fully saturated rings. The van der Waals surface area contributed by atoms with Crippen LogP contribution in [0.4, 0.5) is 0 Å². The minimum atomic E-state index is -0.790. The van der Waals surface area contributed by atoms with Crippen molar-refractivity contribution in [2.24, 2.45) is 0 Å². The third kappa shape index (κ3) is 4.25. The summed E-state index contributed by atoms with van der Waals surface area (Å²) in [6, 6.07) is 13.8. The van der Waals surface area contributed by atoms with Crippen LogP contribution in [0, 0.1) is 0 Å². The maximum absolute atomic E-state index is 12.8. The molecule has 6 nitrogen and oxygen atoms in total. The second-order valence-corrected chi connectivity index (χ2v) is 8.01. The van der Waals surface area contributed by atoms with Gasteiger partial charge in [-0.2, -0.15) is 0 Å². The number of likely N-dealkylation sites (tertiary alicyclic amines) is 1. The molecule has 0 aliphatic carbocycles. The van der Waals surface area contributed by atoms with Crippen LogP contribution in [0.1, 0.15) is 22.3 Å². The van der Waals surface area contributed by atoms with E-state index < -0.39 is 4.75 Å². The SMILES string of the molecule is COC(=O)C1(SCc2ccc(OC)cc2)CCN(C(=O)c2ccc(O)cc2)C1. The molecule has 1 N–H and O–H groups in total. The molecular formula is C21H23NO5S. The van der Waals surface area contributed by atoms with Crippen LogP contribution in [0.25, 0.3) is 0 Å². The van der Waals surface area contributed by atoms with Gasteiger partial charge in [-0.25, -0.2) is 0 Å². The van der Waals surface area contributed by atoms with Gasteiger partial charge in [0.05, 0.1) is 14.2 Å². The Balaban J connectivity index is 1.72. The summed E-state index contributed by atoms with van der Waals surface area (Å²) in [4.78, 5) is 27.0. The number of carbonyl (C=O) groups excluding carboxylic acids is 2. The highest BCUT2D eigenvalue weighted by Crippen LogP contribution is 2.39. The van der Waals surface area contributed by atoms with Gasteiger partial charge < -0.3 is 19.5 Å². The predicted octanol–water partition coefficient (Wildman–Crippen LogP) is 3.09. The van der Waals surface area contributed by atoms with Crippen molar-refractivity contribution in [1.82, 2.24) is 4.90 Å². The van der Waals surface area contributed by atoms with Gasteiger partial charge in [-0.1, -0.05) is 12.1 Å². The standard InChI is InChI=1S/C21H23NO5S/c1-26-18-9-3-15(4-10-18)13-28-21(20(25)27-2)11-12-22(14-21)19(24)16-5-7-17(23)8-6-16/h3-10,23H,11-14H2,1-2H3. The number of phenolic OH excluding ortho intramolecular Hbond substituents is 1. The first-order valence-electron chi connectivity index (χ1n) is 8.91. The van der Waals surface area contributed by atoms with Crippen molar-refractivity contribution in [3.8, 4) is 11.5 Å². The Morgan fingerprint density at radius 1 is 1.11 bits per heavy atom. The molecule has 1 aliphatic rings. The zero-order valence-electron chi connectivity index (χ0n) is 15.9. The molecule has 1 saturated heterocycles. The lowest BCUT2D eigenvalue weighted by atomic mass is 10.1. The number of carbonyl (C=O) groups is 2. The summed E-state index contributed by atoms with van der Waals surface area (Å²) in [5, 5.41) is 9.41. The molecule has 0 saturated carbocycles. The van der Waals surface area contributed by atoms with E-state index in [1.165, 1.54) is 31.0 Å². The fourth-order valence-corrected chi connectivity index (χ4v) is 4.53. The number of methoxy groups -OCH3 is 2. The number of benzene rings is 2. The third-order valence-electron chi connectivity index (χ3n) is 4.86. The molecular weight excluding hydrogens is 378 g/mol. The zero-order valence-corrected chi connectivity index (χ0v) is 16.7. The Hall–Kier alpha value is -2.67. The Morgan fingerprint density at radius 2 is 1.79 bits per heavy atom. The Labute approximate surface area is 168 Å². The molecule has 1 atom stereocenters. The maximum atomic E-state index is 12.8. The number of hydrogen-bond donors (Lipinski definition) is 1. The average Bonchev–Trinajstić information content (AvgIpc) is 3.18. The van der Waals surface area contributed by atoms with Crippen molar-refractivity contribution in [3.63, 3.8) is 0 Å². The van der Waals surface area contributed by atoms with Crippen LogP contribution in [0.15, 0.2) is 48.5 Å². The summed E-state index contributed by atoms with van der Waals surface area (Å²) in [6.07, 6.45) is 0.532. The first-order valence-corrected chi connectivity index (χ1v) is 9.89. The second kappa shape index (κ2) is 8.56. The molecule has 1 amide bonds. The van der Waals surface area contributed by atoms with E-state index in [2.05, 4.69) is 0 Å². The molecule has 7 heteroatoms. The molecule has 2 aromatic rings. The van der Waals surface area contributed by atoms with E-state index >= 15 is 0 Å². The monoisotopic (exact) mass is 401 g/mol. The van der Waals surface area contributed by atoms with E-state index in [1.54, 1.807) is 24.1 Å². The lowest BCUT2D eigenvalue weighted by molar-refractivity contribution is -0.143. The van der Waals surface area contributed by atoms with Crippen LogP contribution in [0.2, 0.25) is 0 Å². The van der Waals surface area contributed by atoms with Gasteiger partial charge in [-0.05, 0) is 48.4 Å². The van der Waals surface area contributed by atoms with Gasteiger partial charge in [0.1, 0.15) is 16.2 Å². The summed E-state index contributed by atoms with van der Waals surface area (Å²) < 4.78 is 9.44. The van der Waals surface area contributed by atoms with E-state index in [9.17, 15) is 14.7 Å². The Kier molecular flexibility index (Phi) is 6.14. The molecule has 1 unspecified atom stereocenters. The molecule has 28 heavy (non-hydrogen) atoms. The normalized spacial score (nSPS) is 18.7. The molecule has 3 rings (SSSR count). The highest BCUT2D eigenvalue weighted by atomic mass is 32.2. The summed E-state index contributed by atoms with van der Waals surface area (Å²) in [5.41, 5.74) is 1.55. The summed E-state index contributed by atoms with van der Waals surface area (Å²) in [5.74, 6) is 1.04. The van der Waals surface area contributed by atoms with Gasteiger partial charge in [0.15, 0.2) is 0 Å². The van der Waals surface area contributed by atoms with Crippen LogP contribution >= 0.6 is 11.8 Å². The molecule has 0 spiro atoms. The van der Waals surface area contributed by atoms with Gasteiger partial charge in [0.2, 0.25) is 0 Å². The number of phenols is 1. The number of thioether (sulfide) groups is 1. The molecule has 148 valence electrons. The van der Waals surface area contributed by atoms with E-state index in [-0.39, 0.29) is 17.6 Å². The lowest BCUT2D eigenvalue weighted by Crippen LogP contribution is -2.41. The molecule has 1 heterocycles. The fourth-order valence-electron chi connectivity index (χ4n) is 3.21. The quantitative estimate of drug-likeness (QED) is 0.750. The van der Waals surface area contributed by atoms with Crippen molar-refractivity contribution >= 4 is 23.6 Å². The zero-order chi connectivity index (χ0) is 20.1. The van der Waals surface area contributed by atoms with Gasteiger partial charge in [-0.15, -0.1) is 11.8 Å². The first kappa shape index (κ1) is 20.1. The minimum Gasteiger partial charge on any atom is -0.508 e. The van der Waals surface area contributed by atoms with Crippen molar-refractivity contribution in [3.05, 3.63) is 59.7 Å². The van der Waals surface area contributed by atoms with Crippen LogP contribution in [-0.2, 0) is 15.3 Å². The predicted molar refractivity (Wildman–Crippen MR) is 108 cm³/mol. The topological polar surface area (TPSA) is 76.1 Å². The Morgan fingerprint density at radius 3 is 2.39 bits per heavy atom.